The van der Waals surface area contributed by atoms with Gasteiger partial charge in [-0.2, -0.15) is 4.98 Å². The molecule has 0 fully saturated rings. The Labute approximate surface area is 123 Å². The van der Waals surface area contributed by atoms with Gasteiger partial charge in [0.15, 0.2) is 0 Å². The summed E-state index contributed by atoms with van der Waals surface area (Å²) >= 11 is 3.13. The third-order valence-electron chi connectivity index (χ3n) is 2.89. The van der Waals surface area contributed by atoms with Gasteiger partial charge in [-0.3, -0.25) is 14.7 Å². The zero-order valence-corrected chi connectivity index (χ0v) is 12.5. The minimum atomic E-state index is -0.462. The molecule has 20 heavy (non-hydrogen) atoms. The van der Waals surface area contributed by atoms with Gasteiger partial charge >= 0.3 is 5.69 Å². The minimum Gasteiger partial charge on any atom is -0.292 e. The Morgan fingerprint density at radius 1 is 1.35 bits per heavy atom. The van der Waals surface area contributed by atoms with Crippen LogP contribution in [0.4, 0.5) is 5.69 Å². The number of aromatic nitrogens is 2. The number of aryl methyl sites for hydroxylation is 2. The van der Waals surface area contributed by atoms with Crippen LogP contribution < -0.4 is 5.69 Å². The van der Waals surface area contributed by atoms with E-state index >= 15 is 0 Å². The Balaban J connectivity index is 2.43. The smallest absolute Gasteiger partial charge is 0.292 e. The number of benzene rings is 1. The molecule has 0 spiro atoms. The lowest BCUT2D eigenvalue weighted by molar-refractivity contribution is -0.385. The second-order valence-corrected chi connectivity index (χ2v) is 5.30. The fraction of sp³-hybridized carbons (Fsp3) is 0.231. The number of halogens is 1. The van der Waals surface area contributed by atoms with Crippen molar-refractivity contribution in [1.82, 2.24) is 9.55 Å². The first-order valence-electron chi connectivity index (χ1n) is 5.86. The van der Waals surface area contributed by atoms with Crippen molar-refractivity contribution in [1.29, 1.82) is 0 Å². The monoisotopic (exact) mass is 337 g/mol. The number of rotatable bonds is 3. The normalized spacial score (nSPS) is 10.6. The van der Waals surface area contributed by atoms with Crippen LogP contribution in [0.2, 0.25) is 0 Å². The van der Waals surface area contributed by atoms with Gasteiger partial charge in [0.05, 0.1) is 15.9 Å². The van der Waals surface area contributed by atoms with Crippen LogP contribution in [0.1, 0.15) is 17.0 Å². The average Bonchev–Trinajstić information content (AvgIpc) is 2.35. The lowest BCUT2D eigenvalue weighted by Crippen LogP contribution is -2.26. The summed E-state index contributed by atoms with van der Waals surface area (Å²) in [6, 6.07) is 6.60. The van der Waals surface area contributed by atoms with Gasteiger partial charge in [0.2, 0.25) is 0 Å². The molecule has 1 heterocycles. The predicted octanol–water partition coefficient (Wildman–Crippen LogP) is 2.58. The molecule has 0 bridgehead atoms. The molecule has 2 aromatic rings. The second kappa shape index (κ2) is 5.54. The number of nitro benzene ring substituents is 1. The van der Waals surface area contributed by atoms with E-state index in [0.29, 0.717) is 15.7 Å². The SMILES string of the molecule is Cc1cc(C)n(Cc2ccc(Br)c([N+](=O)[O-])c2)c(=O)n1. The number of nitro groups is 1. The van der Waals surface area contributed by atoms with Crippen LogP contribution in [-0.4, -0.2) is 14.5 Å². The number of hydrogen-bond donors (Lipinski definition) is 0. The van der Waals surface area contributed by atoms with Gasteiger partial charge < -0.3 is 0 Å². The van der Waals surface area contributed by atoms with E-state index in [1.165, 1.54) is 10.6 Å². The maximum Gasteiger partial charge on any atom is 0.348 e. The van der Waals surface area contributed by atoms with Gasteiger partial charge in [0, 0.05) is 17.5 Å². The fourth-order valence-corrected chi connectivity index (χ4v) is 2.34. The average molecular weight is 338 g/mol. The third kappa shape index (κ3) is 2.93. The number of hydrogen-bond acceptors (Lipinski definition) is 4. The highest BCUT2D eigenvalue weighted by molar-refractivity contribution is 9.10. The summed E-state index contributed by atoms with van der Waals surface area (Å²) in [6.07, 6.45) is 0. The van der Waals surface area contributed by atoms with Crippen molar-refractivity contribution in [2.75, 3.05) is 0 Å². The highest BCUT2D eigenvalue weighted by Crippen LogP contribution is 2.25. The summed E-state index contributed by atoms with van der Waals surface area (Å²) in [5, 5.41) is 10.9. The Morgan fingerprint density at radius 3 is 2.65 bits per heavy atom. The van der Waals surface area contributed by atoms with Crippen molar-refractivity contribution in [3.05, 3.63) is 66.3 Å². The molecule has 0 amide bonds. The van der Waals surface area contributed by atoms with E-state index in [1.54, 1.807) is 25.1 Å². The van der Waals surface area contributed by atoms with Crippen molar-refractivity contribution in [3.8, 4) is 0 Å². The molecule has 2 rings (SSSR count). The summed E-state index contributed by atoms with van der Waals surface area (Å²) in [5.41, 5.74) is 1.73. The fourth-order valence-electron chi connectivity index (χ4n) is 1.95. The molecule has 0 saturated carbocycles. The molecule has 7 heteroatoms. The minimum absolute atomic E-state index is 0.0201. The molecule has 0 N–H and O–H groups in total. The lowest BCUT2D eigenvalue weighted by Gasteiger charge is -2.10. The first-order valence-corrected chi connectivity index (χ1v) is 6.65. The van der Waals surface area contributed by atoms with Crippen LogP contribution in [0.5, 0.6) is 0 Å². The van der Waals surface area contributed by atoms with Gasteiger partial charge in [0.25, 0.3) is 5.69 Å². The van der Waals surface area contributed by atoms with E-state index in [0.717, 1.165) is 5.69 Å². The molecule has 0 aliphatic carbocycles. The molecular formula is C13H12BrN3O3. The quantitative estimate of drug-likeness (QED) is 0.637. The van der Waals surface area contributed by atoms with E-state index in [4.69, 9.17) is 0 Å². The predicted molar refractivity (Wildman–Crippen MR) is 77.9 cm³/mol. The maximum atomic E-state index is 11.9. The largest absolute Gasteiger partial charge is 0.348 e. The van der Waals surface area contributed by atoms with Gasteiger partial charge in [-0.1, -0.05) is 6.07 Å². The van der Waals surface area contributed by atoms with Gasteiger partial charge in [0.1, 0.15) is 0 Å². The maximum absolute atomic E-state index is 11.9. The Hall–Kier alpha value is -2.02. The molecule has 0 atom stereocenters. The van der Waals surface area contributed by atoms with Gasteiger partial charge in [-0.25, -0.2) is 4.79 Å². The summed E-state index contributed by atoms with van der Waals surface area (Å²) < 4.78 is 1.90. The van der Waals surface area contributed by atoms with Crippen LogP contribution in [0.3, 0.4) is 0 Å². The van der Waals surface area contributed by atoms with Gasteiger partial charge in [-0.15, -0.1) is 0 Å². The standard InChI is InChI=1S/C13H12BrN3O3/c1-8-5-9(2)16(13(18)15-8)7-10-3-4-11(14)12(6-10)17(19)20/h3-6H,7H2,1-2H3. The lowest BCUT2D eigenvalue weighted by atomic mass is 10.2. The highest BCUT2D eigenvalue weighted by Gasteiger charge is 2.13. The van der Waals surface area contributed by atoms with E-state index in [2.05, 4.69) is 20.9 Å². The molecule has 0 aliphatic heterocycles. The summed E-state index contributed by atoms with van der Waals surface area (Å²) in [5.74, 6) is 0. The first kappa shape index (κ1) is 14.4. The zero-order valence-electron chi connectivity index (χ0n) is 11.0. The highest BCUT2D eigenvalue weighted by atomic mass is 79.9. The molecule has 0 radical (unpaired) electrons. The number of nitrogens with zero attached hydrogens (tertiary/aromatic N) is 3. The van der Waals surface area contributed by atoms with Crippen molar-refractivity contribution in [2.45, 2.75) is 20.4 Å². The molecule has 1 aromatic heterocycles. The van der Waals surface area contributed by atoms with Crippen LogP contribution in [0.15, 0.2) is 33.5 Å². The molecule has 0 aliphatic rings. The molecule has 104 valence electrons. The van der Waals surface area contributed by atoms with Crippen molar-refractivity contribution >= 4 is 21.6 Å². The molecule has 6 nitrogen and oxygen atoms in total. The van der Waals surface area contributed by atoms with E-state index in [-0.39, 0.29) is 17.9 Å². The first-order chi connectivity index (χ1) is 9.38. The topological polar surface area (TPSA) is 78.0 Å². The van der Waals surface area contributed by atoms with Crippen LogP contribution >= 0.6 is 15.9 Å². The zero-order chi connectivity index (χ0) is 14.9. The van der Waals surface area contributed by atoms with Gasteiger partial charge in [-0.05, 0) is 47.5 Å². The Morgan fingerprint density at radius 2 is 2.05 bits per heavy atom. The summed E-state index contributed by atoms with van der Waals surface area (Å²) in [6.45, 7) is 3.82. The van der Waals surface area contributed by atoms with Crippen molar-refractivity contribution in [3.63, 3.8) is 0 Å². The van der Waals surface area contributed by atoms with Crippen LogP contribution in [0, 0.1) is 24.0 Å². The van der Waals surface area contributed by atoms with Crippen molar-refractivity contribution in [2.24, 2.45) is 0 Å². The van der Waals surface area contributed by atoms with E-state index in [1.807, 2.05) is 6.92 Å². The van der Waals surface area contributed by atoms with E-state index in [9.17, 15) is 14.9 Å². The second-order valence-electron chi connectivity index (χ2n) is 4.45. The summed E-state index contributed by atoms with van der Waals surface area (Å²) in [7, 11) is 0. The molecular weight excluding hydrogens is 326 g/mol. The molecule has 0 saturated heterocycles. The van der Waals surface area contributed by atoms with E-state index < -0.39 is 4.92 Å². The molecule has 0 unspecified atom stereocenters. The van der Waals surface area contributed by atoms with Crippen LogP contribution in [-0.2, 0) is 6.54 Å². The van der Waals surface area contributed by atoms with Crippen LogP contribution in [0.25, 0.3) is 0 Å². The van der Waals surface area contributed by atoms with Crippen molar-refractivity contribution < 1.29 is 4.92 Å². The third-order valence-corrected chi connectivity index (χ3v) is 3.56. The Kier molecular flexibility index (Phi) is 3.99. The Bertz CT molecular complexity index is 740. The molecule has 1 aromatic carbocycles. The summed E-state index contributed by atoms with van der Waals surface area (Å²) in [4.78, 5) is 26.2.